The first-order valence-electron chi connectivity index (χ1n) is 8.51. The molecular formula is C20H18F2N2O4. The summed E-state index contributed by atoms with van der Waals surface area (Å²) in [5.41, 5.74) is 0.456. The molecule has 28 heavy (non-hydrogen) atoms. The highest BCUT2D eigenvalue weighted by Crippen LogP contribution is 2.28. The van der Waals surface area contributed by atoms with Crippen LogP contribution in [0, 0.1) is 11.6 Å². The Kier molecular flexibility index (Phi) is 5.70. The second-order valence-corrected chi connectivity index (χ2v) is 6.20. The second-order valence-electron chi connectivity index (χ2n) is 6.20. The van der Waals surface area contributed by atoms with Crippen molar-refractivity contribution in [2.75, 3.05) is 25.0 Å². The molecule has 2 N–H and O–H groups in total. The van der Waals surface area contributed by atoms with Crippen LogP contribution in [0.2, 0.25) is 0 Å². The molecule has 0 aliphatic carbocycles. The molecule has 1 unspecified atom stereocenters. The number of phenols is 1. The highest BCUT2D eigenvalue weighted by molar-refractivity contribution is 6.02. The van der Waals surface area contributed by atoms with Gasteiger partial charge in [-0.25, -0.2) is 8.78 Å². The van der Waals surface area contributed by atoms with Gasteiger partial charge < -0.3 is 20.1 Å². The van der Waals surface area contributed by atoms with Crippen LogP contribution < -0.4 is 5.32 Å². The number of anilines is 1. The molecule has 2 amide bonds. The Labute approximate surface area is 160 Å². The van der Waals surface area contributed by atoms with Gasteiger partial charge in [-0.15, -0.1) is 0 Å². The van der Waals surface area contributed by atoms with Crippen molar-refractivity contribution in [1.29, 1.82) is 0 Å². The maximum atomic E-state index is 14.0. The highest BCUT2D eigenvalue weighted by Gasteiger charge is 2.29. The molecule has 0 saturated carbocycles. The standard InChI is InChI=1S/C20H18F2N2O4/c1-2-19(26)23-13-4-6-17(25)15(10-13)20(27)24-7-8-28-18(11-24)14-5-3-12(21)9-16(14)22/h2-6,9-10,18,25H,1,7-8,11H2,(H,23,26). The number of rotatable bonds is 4. The Balaban J connectivity index is 1.81. The van der Waals surface area contributed by atoms with Gasteiger partial charge >= 0.3 is 0 Å². The minimum atomic E-state index is -0.760. The third-order valence-electron chi connectivity index (χ3n) is 4.34. The Morgan fingerprint density at radius 2 is 2.04 bits per heavy atom. The molecule has 1 aliphatic heterocycles. The quantitative estimate of drug-likeness (QED) is 0.624. The van der Waals surface area contributed by atoms with Gasteiger partial charge in [-0.1, -0.05) is 12.6 Å². The molecule has 1 heterocycles. The van der Waals surface area contributed by atoms with Crippen LogP contribution in [-0.2, 0) is 9.53 Å². The van der Waals surface area contributed by atoms with Crippen LogP contribution in [0.25, 0.3) is 0 Å². The zero-order valence-electron chi connectivity index (χ0n) is 14.8. The lowest BCUT2D eigenvalue weighted by atomic mass is 10.1. The zero-order valence-corrected chi connectivity index (χ0v) is 14.8. The second kappa shape index (κ2) is 8.18. The first-order valence-corrected chi connectivity index (χ1v) is 8.51. The van der Waals surface area contributed by atoms with E-state index in [0.29, 0.717) is 5.69 Å². The number of aromatic hydroxyl groups is 1. The Morgan fingerprint density at radius 1 is 1.25 bits per heavy atom. The van der Waals surface area contributed by atoms with E-state index in [0.717, 1.165) is 18.2 Å². The molecule has 0 aromatic heterocycles. The van der Waals surface area contributed by atoms with Crippen LogP contribution in [0.4, 0.5) is 14.5 Å². The average Bonchev–Trinajstić information content (AvgIpc) is 2.69. The number of halogens is 2. The lowest BCUT2D eigenvalue weighted by Gasteiger charge is -2.33. The number of ether oxygens (including phenoxy) is 1. The largest absolute Gasteiger partial charge is 0.507 e. The minimum Gasteiger partial charge on any atom is -0.507 e. The van der Waals surface area contributed by atoms with Crippen LogP contribution in [0.5, 0.6) is 5.75 Å². The van der Waals surface area contributed by atoms with E-state index in [9.17, 15) is 23.5 Å². The fourth-order valence-electron chi connectivity index (χ4n) is 2.93. The van der Waals surface area contributed by atoms with Gasteiger partial charge in [0.2, 0.25) is 5.91 Å². The number of phenolic OH excluding ortho intramolecular Hbond substituents is 1. The van der Waals surface area contributed by atoms with E-state index in [4.69, 9.17) is 4.74 Å². The van der Waals surface area contributed by atoms with E-state index in [1.54, 1.807) is 0 Å². The van der Waals surface area contributed by atoms with Crippen LogP contribution in [0.1, 0.15) is 22.0 Å². The van der Waals surface area contributed by atoms with Crippen molar-refractivity contribution in [3.8, 4) is 5.75 Å². The number of amides is 2. The Morgan fingerprint density at radius 3 is 2.75 bits per heavy atom. The van der Waals surface area contributed by atoms with Gasteiger partial charge in [-0.2, -0.15) is 0 Å². The van der Waals surface area contributed by atoms with Crippen molar-refractivity contribution in [1.82, 2.24) is 4.90 Å². The Bertz CT molecular complexity index is 932. The van der Waals surface area contributed by atoms with E-state index < -0.39 is 29.6 Å². The zero-order chi connectivity index (χ0) is 20.3. The number of benzene rings is 2. The van der Waals surface area contributed by atoms with Gasteiger partial charge in [-0.05, 0) is 30.3 Å². The van der Waals surface area contributed by atoms with Crippen LogP contribution in [-0.4, -0.2) is 41.5 Å². The number of nitrogens with one attached hydrogen (secondary N) is 1. The summed E-state index contributed by atoms with van der Waals surface area (Å²) in [7, 11) is 0. The fraction of sp³-hybridized carbons (Fsp3) is 0.200. The number of nitrogens with zero attached hydrogens (tertiary/aromatic N) is 1. The van der Waals surface area contributed by atoms with E-state index >= 15 is 0 Å². The van der Waals surface area contributed by atoms with E-state index in [2.05, 4.69) is 11.9 Å². The molecule has 2 aromatic carbocycles. The molecule has 0 radical (unpaired) electrons. The van der Waals surface area contributed by atoms with Gasteiger partial charge in [-0.3, -0.25) is 9.59 Å². The first kappa shape index (κ1) is 19.5. The summed E-state index contributed by atoms with van der Waals surface area (Å²) in [5.74, 6) is -2.66. The molecule has 0 bridgehead atoms. The number of carbonyl (C=O) groups excluding carboxylic acids is 2. The van der Waals surface area contributed by atoms with Crippen molar-refractivity contribution < 1.29 is 28.2 Å². The topological polar surface area (TPSA) is 78.9 Å². The molecule has 1 fully saturated rings. The lowest BCUT2D eigenvalue weighted by Crippen LogP contribution is -2.42. The summed E-state index contributed by atoms with van der Waals surface area (Å²) in [6.07, 6.45) is 0.321. The van der Waals surface area contributed by atoms with Gasteiger partial charge in [0.25, 0.3) is 5.91 Å². The number of carbonyl (C=O) groups is 2. The van der Waals surface area contributed by atoms with Crippen molar-refractivity contribution in [3.63, 3.8) is 0 Å². The average molecular weight is 388 g/mol. The summed E-state index contributed by atoms with van der Waals surface area (Å²) in [6.45, 7) is 3.77. The third-order valence-corrected chi connectivity index (χ3v) is 4.34. The summed E-state index contributed by atoms with van der Waals surface area (Å²) < 4.78 is 32.7. The normalized spacial score (nSPS) is 16.5. The van der Waals surface area contributed by atoms with E-state index in [1.807, 2.05) is 0 Å². The monoisotopic (exact) mass is 388 g/mol. The summed E-state index contributed by atoms with van der Waals surface area (Å²) in [4.78, 5) is 25.7. The predicted molar refractivity (Wildman–Crippen MR) is 97.9 cm³/mol. The highest BCUT2D eigenvalue weighted by atomic mass is 19.1. The van der Waals surface area contributed by atoms with Crippen molar-refractivity contribution >= 4 is 17.5 Å². The fourth-order valence-corrected chi connectivity index (χ4v) is 2.93. The van der Waals surface area contributed by atoms with Crippen LogP contribution in [0.3, 0.4) is 0 Å². The number of hydrogen-bond donors (Lipinski definition) is 2. The molecule has 146 valence electrons. The Hall–Kier alpha value is -3.26. The van der Waals surface area contributed by atoms with Crippen molar-refractivity contribution in [3.05, 3.63) is 71.8 Å². The SMILES string of the molecule is C=CC(=O)Nc1ccc(O)c(C(=O)N2CCOC(c3ccc(F)cc3F)C2)c1. The van der Waals surface area contributed by atoms with Crippen molar-refractivity contribution in [2.45, 2.75) is 6.10 Å². The lowest BCUT2D eigenvalue weighted by molar-refractivity contribution is -0.111. The summed E-state index contributed by atoms with van der Waals surface area (Å²) in [5, 5.41) is 12.6. The molecule has 1 aliphatic rings. The van der Waals surface area contributed by atoms with Crippen LogP contribution in [0.15, 0.2) is 49.1 Å². The molecule has 3 rings (SSSR count). The maximum absolute atomic E-state index is 14.0. The van der Waals surface area contributed by atoms with Gasteiger partial charge in [0.15, 0.2) is 0 Å². The van der Waals surface area contributed by atoms with Gasteiger partial charge in [0, 0.05) is 23.9 Å². The maximum Gasteiger partial charge on any atom is 0.257 e. The first-order chi connectivity index (χ1) is 13.4. The molecule has 1 atom stereocenters. The molecular weight excluding hydrogens is 370 g/mol. The predicted octanol–water partition coefficient (Wildman–Crippen LogP) is 3.01. The molecule has 2 aromatic rings. The van der Waals surface area contributed by atoms with Crippen LogP contribution >= 0.6 is 0 Å². The third kappa shape index (κ3) is 4.17. The molecule has 0 spiro atoms. The number of hydrogen-bond acceptors (Lipinski definition) is 4. The summed E-state index contributed by atoms with van der Waals surface area (Å²) in [6, 6.07) is 7.26. The van der Waals surface area contributed by atoms with Gasteiger partial charge in [0.05, 0.1) is 18.7 Å². The summed E-state index contributed by atoms with van der Waals surface area (Å²) >= 11 is 0. The van der Waals surface area contributed by atoms with E-state index in [-0.39, 0.29) is 36.6 Å². The van der Waals surface area contributed by atoms with E-state index in [1.165, 1.54) is 29.2 Å². The molecule has 1 saturated heterocycles. The van der Waals surface area contributed by atoms with Crippen molar-refractivity contribution in [2.24, 2.45) is 0 Å². The molecule has 8 heteroatoms. The minimum absolute atomic E-state index is 0.0120. The molecule has 6 nitrogen and oxygen atoms in total. The number of morpholine rings is 1. The smallest absolute Gasteiger partial charge is 0.257 e. The van der Waals surface area contributed by atoms with Gasteiger partial charge in [0.1, 0.15) is 23.5 Å².